The molecule has 7 heteroatoms. The van der Waals surface area contributed by atoms with Crippen LogP contribution in [0.5, 0.6) is 0 Å². The summed E-state index contributed by atoms with van der Waals surface area (Å²) in [5, 5.41) is 9.56. The summed E-state index contributed by atoms with van der Waals surface area (Å²) in [6.07, 6.45) is 3.08. The fourth-order valence-electron chi connectivity index (χ4n) is 2.69. The number of carbonyl (C=O) groups excluding carboxylic acids is 2. The van der Waals surface area contributed by atoms with Gasteiger partial charge in [0.2, 0.25) is 5.91 Å². The zero-order chi connectivity index (χ0) is 15.4. The average Bonchev–Trinajstić information content (AvgIpc) is 2.87. The molecule has 2 rings (SSSR count). The molecule has 0 unspecified atom stereocenters. The van der Waals surface area contributed by atoms with Crippen molar-refractivity contribution in [1.29, 1.82) is 0 Å². The largest absolute Gasteiger partial charge is 0.395 e. The number of hydrogen-bond acceptors (Lipinski definition) is 4. The minimum Gasteiger partial charge on any atom is -0.395 e. The summed E-state index contributed by atoms with van der Waals surface area (Å²) in [5.41, 5.74) is 7.57. The first-order valence-electron chi connectivity index (χ1n) is 7.42. The van der Waals surface area contributed by atoms with E-state index < -0.39 is 0 Å². The van der Waals surface area contributed by atoms with Crippen LogP contribution >= 0.6 is 0 Å². The third-order valence-corrected chi connectivity index (χ3v) is 3.98. The van der Waals surface area contributed by atoms with E-state index in [9.17, 15) is 9.59 Å². The molecule has 0 aromatic carbocycles. The van der Waals surface area contributed by atoms with E-state index in [1.54, 1.807) is 11.9 Å². The quantitative estimate of drug-likeness (QED) is 0.753. The number of nitrogens with two attached hydrogens (primary N) is 1. The fourth-order valence-corrected chi connectivity index (χ4v) is 2.69. The maximum atomic E-state index is 12.4. The second-order valence-electron chi connectivity index (χ2n) is 5.40. The van der Waals surface area contributed by atoms with Crippen molar-refractivity contribution in [2.45, 2.75) is 32.6 Å². The van der Waals surface area contributed by atoms with Gasteiger partial charge in [0.1, 0.15) is 0 Å². The molecule has 116 valence electrons. The van der Waals surface area contributed by atoms with Crippen molar-refractivity contribution in [3.05, 3.63) is 11.4 Å². The van der Waals surface area contributed by atoms with Gasteiger partial charge in [0.25, 0.3) is 5.91 Å². The van der Waals surface area contributed by atoms with Crippen LogP contribution in [0.3, 0.4) is 0 Å². The maximum Gasteiger partial charge on any atom is 0.276 e. The number of amides is 2. The minimum absolute atomic E-state index is 0.00812. The highest BCUT2D eigenvalue weighted by Crippen LogP contribution is 2.22. The van der Waals surface area contributed by atoms with Crippen LogP contribution in [0.2, 0.25) is 0 Å². The summed E-state index contributed by atoms with van der Waals surface area (Å²) in [4.78, 5) is 25.8. The van der Waals surface area contributed by atoms with Crippen molar-refractivity contribution >= 4 is 17.5 Å². The van der Waals surface area contributed by atoms with Crippen LogP contribution < -0.4 is 11.1 Å². The molecular weight excluding hydrogens is 270 g/mol. The van der Waals surface area contributed by atoms with Crippen LogP contribution in [0.1, 0.15) is 42.4 Å². The lowest BCUT2D eigenvalue weighted by molar-refractivity contribution is -0.125. The number of aromatic nitrogens is 2. The molecular formula is C14H23N5O2. The van der Waals surface area contributed by atoms with Crippen LogP contribution in [0.4, 0.5) is 5.69 Å². The van der Waals surface area contributed by atoms with Crippen molar-refractivity contribution in [1.82, 2.24) is 20.4 Å². The molecule has 0 saturated carbocycles. The van der Waals surface area contributed by atoms with Gasteiger partial charge in [0.05, 0.1) is 11.4 Å². The first-order chi connectivity index (χ1) is 10.1. The number of anilines is 1. The molecule has 4 N–H and O–H groups in total. The van der Waals surface area contributed by atoms with Crippen LogP contribution in [0.15, 0.2) is 0 Å². The second kappa shape index (κ2) is 6.60. The van der Waals surface area contributed by atoms with Crippen LogP contribution in [0, 0.1) is 5.92 Å². The van der Waals surface area contributed by atoms with Gasteiger partial charge in [0.15, 0.2) is 5.69 Å². The van der Waals surface area contributed by atoms with E-state index in [0.29, 0.717) is 37.3 Å². The zero-order valence-electron chi connectivity index (χ0n) is 12.6. The van der Waals surface area contributed by atoms with Gasteiger partial charge in [-0.1, -0.05) is 13.3 Å². The number of nitrogen functional groups attached to an aromatic ring is 1. The summed E-state index contributed by atoms with van der Waals surface area (Å²) in [5.74, 6) is -0.112. The maximum absolute atomic E-state index is 12.4. The fraction of sp³-hybridized carbons (Fsp3) is 0.643. The highest BCUT2D eigenvalue weighted by Gasteiger charge is 2.29. The third kappa shape index (κ3) is 3.17. The number of rotatable bonds is 4. The van der Waals surface area contributed by atoms with Crippen LogP contribution in [-0.2, 0) is 11.2 Å². The van der Waals surface area contributed by atoms with E-state index >= 15 is 0 Å². The highest BCUT2D eigenvalue weighted by atomic mass is 16.2. The van der Waals surface area contributed by atoms with Crippen molar-refractivity contribution in [2.24, 2.45) is 5.92 Å². The Morgan fingerprint density at radius 1 is 1.43 bits per heavy atom. The lowest BCUT2D eigenvalue weighted by Crippen LogP contribution is -2.42. The van der Waals surface area contributed by atoms with Crippen molar-refractivity contribution in [2.75, 3.05) is 25.9 Å². The zero-order valence-corrected chi connectivity index (χ0v) is 12.6. The van der Waals surface area contributed by atoms with Gasteiger partial charge in [-0.3, -0.25) is 14.7 Å². The molecule has 0 radical (unpaired) electrons. The third-order valence-electron chi connectivity index (χ3n) is 3.98. The molecule has 0 spiro atoms. The SMILES string of the molecule is CCCc1[nH]nc(C(=O)N2CCC(C(=O)NC)CC2)c1N. The molecule has 2 heterocycles. The minimum atomic E-state index is -0.151. The van der Waals surface area contributed by atoms with Gasteiger partial charge < -0.3 is 16.0 Å². The average molecular weight is 293 g/mol. The van der Waals surface area contributed by atoms with E-state index in [4.69, 9.17) is 5.73 Å². The smallest absolute Gasteiger partial charge is 0.276 e. The van der Waals surface area contributed by atoms with Crippen molar-refractivity contribution < 1.29 is 9.59 Å². The monoisotopic (exact) mass is 293 g/mol. The molecule has 1 saturated heterocycles. The Morgan fingerprint density at radius 3 is 2.67 bits per heavy atom. The Balaban J connectivity index is 2.00. The Morgan fingerprint density at radius 2 is 2.10 bits per heavy atom. The number of hydrogen-bond donors (Lipinski definition) is 3. The first-order valence-corrected chi connectivity index (χ1v) is 7.42. The number of nitrogens with zero attached hydrogens (tertiary/aromatic N) is 2. The number of piperidine rings is 1. The molecule has 1 aromatic rings. The molecule has 0 bridgehead atoms. The molecule has 0 atom stereocenters. The molecule has 0 aliphatic carbocycles. The van der Waals surface area contributed by atoms with Gasteiger partial charge in [-0.2, -0.15) is 5.10 Å². The lowest BCUT2D eigenvalue weighted by atomic mass is 9.96. The topological polar surface area (TPSA) is 104 Å². The lowest BCUT2D eigenvalue weighted by Gasteiger charge is -2.30. The Kier molecular flexibility index (Phi) is 4.82. The van der Waals surface area contributed by atoms with Gasteiger partial charge in [0, 0.05) is 26.1 Å². The van der Waals surface area contributed by atoms with Crippen LogP contribution in [0.25, 0.3) is 0 Å². The summed E-state index contributed by atoms with van der Waals surface area (Å²) >= 11 is 0. The van der Waals surface area contributed by atoms with E-state index in [2.05, 4.69) is 15.5 Å². The number of aromatic amines is 1. The normalized spacial score (nSPS) is 16.0. The second-order valence-corrected chi connectivity index (χ2v) is 5.40. The van der Waals surface area contributed by atoms with Gasteiger partial charge in [-0.05, 0) is 19.3 Å². The first kappa shape index (κ1) is 15.3. The van der Waals surface area contributed by atoms with E-state index in [1.165, 1.54) is 0 Å². The molecule has 2 amide bonds. The number of H-pyrrole nitrogens is 1. The number of nitrogens with one attached hydrogen (secondary N) is 2. The van der Waals surface area contributed by atoms with Crippen molar-refractivity contribution in [3.63, 3.8) is 0 Å². The van der Waals surface area contributed by atoms with E-state index in [1.807, 2.05) is 6.92 Å². The predicted octanol–water partition coefficient (Wildman–Crippen LogP) is 0.543. The molecule has 21 heavy (non-hydrogen) atoms. The standard InChI is InChI=1S/C14H23N5O2/c1-3-4-10-11(15)12(18-17-10)14(21)19-7-5-9(6-8-19)13(20)16-2/h9H,3-8,15H2,1-2H3,(H,16,20)(H,17,18). The van der Waals surface area contributed by atoms with Gasteiger partial charge in [-0.25, -0.2) is 0 Å². The summed E-state index contributed by atoms with van der Waals surface area (Å²) < 4.78 is 0. The Bertz CT molecular complexity index is 517. The molecule has 7 nitrogen and oxygen atoms in total. The van der Waals surface area contributed by atoms with Gasteiger partial charge in [-0.15, -0.1) is 0 Å². The van der Waals surface area contributed by atoms with Crippen LogP contribution in [-0.4, -0.2) is 47.0 Å². The highest BCUT2D eigenvalue weighted by molar-refractivity contribution is 5.97. The molecule has 1 aliphatic rings. The van der Waals surface area contributed by atoms with E-state index in [0.717, 1.165) is 18.5 Å². The molecule has 1 aliphatic heterocycles. The molecule has 1 fully saturated rings. The predicted molar refractivity (Wildman–Crippen MR) is 79.7 cm³/mol. The molecule has 1 aromatic heterocycles. The number of likely N-dealkylation sites (tertiary alicyclic amines) is 1. The summed E-state index contributed by atoms with van der Waals surface area (Å²) in [7, 11) is 1.64. The Hall–Kier alpha value is -2.05. The Labute approximate surface area is 124 Å². The van der Waals surface area contributed by atoms with E-state index in [-0.39, 0.29) is 17.7 Å². The van der Waals surface area contributed by atoms with Crippen molar-refractivity contribution in [3.8, 4) is 0 Å². The number of carbonyl (C=O) groups is 2. The summed E-state index contributed by atoms with van der Waals surface area (Å²) in [6, 6.07) is 0. The van der Waals surface area contributed by atoms with Gasteiger partial charge >= 0.3 is 0 Å². The summed E-state index contributed by atoms with van der Waals surface area (Å²) in [6.45, 7) is 3.17. The number of aryl methyl sites for hydroxylation is 1.